The van der Waals surface area contributed by atoms with Crippen LogP contribution in [0, 0.1) is 0 Å². The van der Waals surface area contributed by atoms with E-state index in [4.69, 9.17) is 16.3 Å². The SMILES string of the molecule is CCOc1ccccc1-n1nnnc1SCc1ccc(Cl)nc1. The standard InChI is InChI=1S/C15H14ClN5OS/c1-2-22-13-6-4-3-5-12(13)21-15(18-19-20-21)23-10-11-7-8-14(16)17-9-11/h3-9H,2,10H2,1H3. The minimum atomic E-state index is 0.481. The van der Waals surface area contributed by atoms with Crippen molar-refractivity contribution in [3.63, 3.8) is 0 Å². The lowest BCUT2D eigenvalue weighted by Crippen LogP contribution is -2.03. The highest BCUT2D eigenvalue weighted by atomic mass is 35.5. The number of hydrogen-bond acceptors (Lipinski definition) is 6. The summed E-state index contributed by atoms with van der Waals surface area (Å²) in [5.41, 5.74) is 1.86. The Hall–Kier alpha value is -2.12. The summed E-state index contributed by atoms with van der Waals surface area (Å²) in [7, 11) is 0. The van der Waals surface area contributed by atoms with Crippen LogP contribution in [0.15, 0.2) is 47.8 Å². The Labute approximate surface area is 142 Å². The number of benzene rings is 1. The molecule has 0 saturated heterocycles. The topological polar surface area (TPSA) is 65.7 Å². The maximum Gasteiger partial charge on any atom is 0.214 e. The molecule has 3 aromatic rings. The number of halogens is 1. The van der Waals surface area contributed by atoms with E-state index in [2.05, 4.69) is 20.5 Å². The molecule has 118 valence electrons. The Balaban J connectivity index is 1.81. The van der Waals surface area contributed by atoms with Crippen molar-refractivity contribution in [2.45, 2.75) is 17.8 Å². The predicted octanol–water partition coefficient (Wildman–Crippen LogP) is 3.40. The molecule has 8 heteroatoms. The molecular weight excluding hydrogens is 334 g/mol. The van der Waals surface area contributed by atoms with E-state index in [1.165, 1.54) is 11.8 Å². The summed E-state index contributed by atoms with van der Waals surface area (Å²) in [5, 5.41) is 13.1. The molecule has 0 fully saturated rings. The van der Waals surface area contributed by atoms with Crippen molar-refractivity contribution in [2.75, 3.05) is 6.61 Å². The highest BCUT2D eigenvalue weighted by Gasteiger charge is 2.13. The van der Waals surface area contributed by atoms with E-state index in [9.17, 15) is 0 Å². The number of nitrogens with zero attached hydrogens (tertiary/aromatic N) is 5. The molecule has 0 bridgehead atoms. The number of ether oxygens (including phenoxy) is 1. The summed E-state index contributed by atoms with van der Waals surface area (Å²) < 4.78 is 7.32. The van der Waals surface area contributed by atoms with Crippen LogP contribution in [-0.2, 0) is 5.75 Å². The third-order valence-electron chi connectivity index (χ3n) is 2.99. The number of thioether (sulfide) groups is 1. The monoisotopic (exact) mass is 347 g/mol. The van der Waals surface area contributed by atoms with Gasteiger partial charge in [0, 0.05) is 11.9 Å². The fourth-order valence-corrected chi connectivity index (χ4v) is 2.90. The largest absolute Gasteiger partial charge is 0.492 e. The van der Waals surface area contributed by atoms with E-state index in [1.54, 1.807) is 16.9 Å². The molecule has 6 nitrogen and oxygen atoms in total. The number of pyridine rings is 1. The van der Waals surface area contributed by atoms with Crippen LogP contribution in [0.25, 0.3) is 5.69 Å². The lowest BCUT2D eigenvalue weighted by Gasteiger charge is -2.10. The van der Waals surface area contributed by atoms with Crippen LogP contribution in [0.1, 0.15) is 12.5 Å². The molecule has 0 aliphatic carbocycles. The normalized spacial score (nSPS) is 10.7. The zero-order chi connectivity index (χ0) is 16.1. The Morgan fingerprint density at radius 1 is 1.22 bits per heavy atom. The predicted molar refractivity (Wildman–Crippen MR) is 89.1 cm³/mol. The second-order valence-corrected chi connectivity index (χ2v) is 5.88. The summed E-state index contributed by atoms with van der Waals surface area (Å²) in [6.45, 7) is 2.53. The molecule has 0 atom stereocenters. The van der Waals surface area contributed by atoms with E-state index < -0.39 is 0 Å². The van der Waals surface area contributed by atoms with Crippen LogP contribution in [0.4, 0.5) is 0 Å². The van der Waals surface area contributed by atoms with Crippen molar-refractivity contribution in [1.29, 1.82) is 0 Å². The molecule has 3 rings (SSSR count). The van der Waals surface area contributed by atoms with Crippen LogP contribution in [0.3, 0.4) is 0 Å². The molecule has 0 N–H and O–H groups in total. The highest BCUT2D eigenvalue weighted by Crippen LogP contribution is 2.27. The van der Waals surface area contributed by atoms with E-state index in [1.807, 2.05) is 37.3 Å². The summed E-state index contributed by atoms with van der Waals surface area (Å²) in [6, 6.07) is 11.4. The van der Waals surface area contributed by atoms with Gasteiger partial charge in [-0.3, -0.25) is 0 Å². The van der Waals surface area contributed by atoms with Crippen molar-refractivity contribution < 1.29 is 4.74 Å². The van der Waals surface area contributed by atoms with E-state index in [-0.39, 0.29) is 0 Å². The fourth-order valence-electron chi connectivity index (χ4n) is 1.97. The third-order valence-corrected chi connectivity index (χ3v) is 4.20. The molecule has 2 heterocycles. The maximum absolute atomic E-state index is 5.80. The Kier molecular flexibility index (Phi) is 5.09. The van der Waals surface area contributed by atoms with E-state index >= 15 is 0 Å². The lowest BCUT2D eigenvalue weighted by molar-refractivity contribution is 0.337. The number of tetrazole rings is 1. The third kappa shape index (κ3) is 3.80. The molecule has 0 aliphatic heterocycles. The molecule has 0 aliphatic rings. The summed E-state index contributed by atoms with van der Waals surface area (Å²) in [5.74, 6) is 1.44. The lowest BCUT2D eigenvalue weighted by atomic mass is 10.3. The Bertz CT molecular complexity index is 778. The van der Waals surface area contributed by atoms with Crippen molar-refractivity contribution in [2.24, 2.45) is 0 Å². The van der Waals surface area contributed by atoms with E-state index in [0.29, 0.717) is 22.7 Å². The number of hydrogen-bond donors (Lipinski definition) is 0. The van der Waals surface area contributed by atoms with Gasteiger partial charge in [0.1, 0.15) is 16.6 Å². The van der Waals surface area contributed by atoms with Gasteiger partial charge in [0.15, 0.2) is 0 Å². The zero-order valence-corrected chi connectivity index (χ0v) is 14.0. The number of rotatable bonds is 6. The molecule has 0 unspecified atom stereocenters. The number of aromatic nitrogens is 5. The second-order valence-electron chi connectivity index (χ2n) is 4.55. The van der Waals surface area contributed by atoms with Crippen LogP contribution < -0.4 is 4.74 Å². The van der Waals surface area contributed by atoms with Crippen LogP contribution >= 0.6 is 23.4 Å². The van der Waals surface area contributed by atoms with Gasteiger partial charge in [-0.2, -0.15) is 4.68 Å². The summed E-state index contributed by atoms with van der Waals surface area (Å²) in [6.07, 6.45) is 1.75. The van der Waals surface area contributed by atoms with Gasteiger partial charge in [-0.05, 0) is 41.1 Å². The van der Waals surface area contributed by atoms with Crippen LogP contribution in [-0.4, -0.2) is 31.8 Å². The molecule has 0 amide bonds. The minimum Gasteiger partial charge on any atom is -0.492 e. The first kappa shape index (κ1) is 15.8. The highest BCUT2D eigenvalue weighted by molar-refractivity contribution is 7.98. The molecule has 0 spiro atoms. The van der Waals surface area contributed by atoms with Crippen molar-refractivity contribution >= 4 is 23.4 Å². The zero-order valence-electron chi connectivity index (χ0n) is 12.4. The molecule has 0 saturated carbocycles. The van der Waals surface area contributed by atoms with Gasteiger partial charge in [-0.1, -0.05) is 41.6 Å². The molecule has 0 radical (unpaired) electrons. The average Bonchev–Trinajstić information content (AvgIpc) is 3.03. The summed E-state index contributed by atoms with van der Waals surface area (Å²) in [4.78, 5) is 4.07. The van der Waals surface area contributed by atoms with Crippen molar-refractivity contribution in [1.82, 2.24) is 25.2 Å². The van der Waals surface area contributed by atoms with Gasteiger partial charge in [0.25, 0.3) is 0 Å². The van der Waals surface area contributed by atoms with Gasteiger partial charge >= 0.3 is 0 Å². The first-order chi connectivity index (χ1) is 11.3. The van der Waals surface area contributed by atoms with Gasteiger partial charge in [-0.15, -0.1) is 5.10 Å². The first-order valence-corrected chi connectivity index (χ1v) is 8.38. The second kappa shape index (κ2) is 7.43. The molecule has 1 aromatic carbocycles. The van der Waals surface area contributed by atoms with E-state index in [0.717, 1.165) is 17.0 Å². The molecule has 2 aromatic heterocycles. The molecular formula is C15H14ClN5OS. The first-order valence-electron chi connectivity index (χ1n) is 7.01. The smallest absolute Gasteiger partial charge is 0.214 e. The van der Waals surface area contributed by atoms with Crippen LogP contribution in [0.5, 0.6) is 5.75 Å². The molecule has 23 heavy (non-hydrogen) atoms. The quantitative estimate of drug-likeness (QED) is 0.503. The Morgan fingerprint density at radius 3 is 2.87 bits per heavy atom. The van der Waals surface area contributed by atoms with Gasteiger partial charge < -0.3 is 4.74 Å². The average molecular weight is 348 g/mol. The fraction of sp³-hybridized carbons (Fsp3) is 0.200. The number of para-hydroxylation sites is 2. The summed E-state index contributed by atoms with van der Waals surface area (Å²) >= 11 is 7.32. The Morgan fingerprint density at radius 2 is 2.09 bits per heavy atom. The van der Waals surface area contributed by atoms with Crippen LogP contribution in [0.2, 0.25) is 5.15 Å². The van der Waals surface area contributed by atoms with Crippen molar-refractivity contribution in [3.05, 3.63) is 53.3 Å². The van der Waals surface area contributed by atoms with Gasteiger partial charge in [-0.25, -0.2) is 4.98 Å². The van der Waals surface area contributed by atoms with Gasteiger partial charge in [0.2, 0.25) is 5.16 Å². The maximum atomic E-state index is 5.80. The van der Waals surface area contributed by atoms with Crippen molar-refractivity contribution in [3.8, 4) is 11.4 Å². The van der Waals surface area contributed by atoms with Gasteiger partial charge in [0.05, 0.1) is 6.61 Å². The minimum absolute atomic E-state index is 0.481.